The van der Waals surface area contributed by atoms with Crippen molar-refractivity contribution in [3.63, 3.8) is 0 Å². The van der Waals surface area contributed by atoms with E-state index in [2.05, 4.69) is 16.3 Å². The molecule has 2 N–H and O–H groups in total. The van der Waals surface area contributed by atoms with Gasteiger partial charge >= 0.3 is 0 Å². The van der Waals surface area contributed by atoms with E-state index in [1.807, 2.05) is 32.0 Å². The number of fused-ring (bicyclic) bond motifs is 1. The predicted molar refractivity (Wildman–Crippen MR) is 102 cm³/mol. The molecule has 8 nitrogen and oxygen atoms in total. The summed E-state index contributed by atoms with van der Waals surface area (Å²) in [6, 6.07) is 7.81. The molecule has 2 heterocycles. The Morgan fingerprint density at radius 1 is 1.29 bits per heavy atom. The summed E-state index contributed by atoms with van der Waals surface area (Å²) in [5.41, 5.74) is 2.28. The van der Waals surface area contributed by atoms with Crippen LogP contribution in [0.25, 0.3) is 0 Å². The van der Waals surface area contributed by atoms with Crippen molar-refractivity contribution in [2.45, 2.75) is 32.8 Å². The minimum absolute atomic E-state index is 0.125. The lowest BCUT2D eigenvalue weighted by atomic mass is 9.79. The molecule has 2 unspecified atom stereocenters. The van der Waals surface area contributed by atoms with Crippen molar-refractivity contribution in [3.8, 4) is 23.4 Å². The molecule has 0 fully saturated rings. The lowest BCUT2D eigenvalue weighted by Gasteiger charge is -2.28. The summed E-state index contributed by atoms with van der Waals surface area (Å²) in [5, 5.41) is 24.9. The lowest BCUT2D eigenvalue weighted by molar-refractivity contribution is 0.180. The molecule has 2 aromatic rings. The summed E-state index contributed by atoms with van der Waals surface area (Å²) in [6.45, 7) is 5.32. The Labute approximate surface area is 163 Å². The van der Waals surface area contributed by atoms with Crippen LogP contribution in [0.5, 0.6) is 17.4 Å². The monoisotopic (exact) mass is 384 g/mol. The highest BCUT2D eigenvalue weighted by Crippen LogP contribution is 2.44. The zero-order chi connectivity index (χ0) is 20.1. The fourth-order valence-electron chi connectivity index (χ4n) is 3.32. The normalized spacial score (nSPS) is 18.1. The summed E-state index contributed by atoms with van der Waals surface area (Å²) in [5.74, 6) is 0.244. The van der Waals surface area contributed by atoms with E-state index in [1.54, 1.807) is 7.11 Å². The molecule has 28 heavy (non-hydrogen) atoms. The van der Waals surface area contributed by atoms with Crippen LogP contribution in [0.4, 0.5) is 0 Å². The first-order chi connectivity index (χ1) is 13.6. The molecule has 0 spiro atoms. The third-order valence-electron chi connectivity index (χ3n) is 4.50. The van der Waals surface area contributed by atoms with Gasteiger partial charge in [-0.15, -0.1) is 5.10 Å². The topological polar surface area (TPSA) is 113 Å². The molecule has 148 valence electrons. The molecule has 0 aliphatic carbocycles. The Bertz CT molecular complexity index is 887. The third kappa shape index (κ3) is 3.66. The second kappa shape index (κ2) is 8.76. The van der Waals surface area contributed by atoms with Crippen LogP contribution < -0.4 is 14.2 Å². The molecule has 3 rings (SSSR count). The smallest absolute Gasteiger partial charge is 0.243 e. The van der Waals surface area contributed by atoms with Gasteiger partial charge in [0.1, 0.15) is 5.92 Å². The first-order valence-electron chi connectivity index (χ1n) is 9.26. The number of benzene rings is 1. The van der Waals surface area contributed by atoms with Crippen molar-refractivity contribution in [1.82, 2.24) is 10.2 Å². The number of aromatic nitrogens is 2. The summed E-state index contributed by atoms with van der Waals surface area (Å²) < 4.78 is 22.3. The first-order valence-corrected chi connectivity index (χ1v) is 9.26. The second-order valence-electron chi connectivity index (χ2n) is 6.39. The van der Waals surface area contributed by atoms with Crippen LogP contribution in [0.1, 0.15) is 43.0 Å². The molecular formula is C20H24N4O4. The molecule has 0 saturated heterocycles. The van der Waals surface area contributed by atoms with Crippen LogP contribution in [0.2, 0.25) is 0 Å². The Balaban J connectivity index is 2.10. The van der Waals surface area contributed by atoms with Gasteiger partial charge in [-0.1, -0.05) is 13.0 Å². The molecule has 1 aromatic carbocycles. The molecule has 0 saturated carbocycles. The minimum Gasteiger partial charge on any atom is -0.490 e. The second-order valence-corrected chi connectivity index (χ2v) is 6.39. The summed E-state index contributed by atoms with van der Waals surface area (Å²) in [7, 11) is 1.59. The van der Waals surface area contributed by atoms with E-state index in [4.69, 9.17) is 24.4 Å². The van der Waals surface area contributed by atoms with Crippen LogP contribution in [-0.4, -0.2) is 36.4 Å². The molecule has 2 atom stereocenters. The summed E-state index contributed by atoms with van der Waals surface area (Å²) >= 11 is 0. The molecule has 0 radical (unpaired) electrons. The zero-order valence-electron chi connectivity index (χ0n) is 16.2. The SMILES string of the molecule is CCCOc1ccc(C2c3c(n[nH]c3COC)OC(=N)C2C#N)cc1OCC. The van der Waals surface area contributed by atoms with Gasteiger partial charge in [-0.05, 0) is 31.0 Å². The summed E-state index contributed by atoms with van der Waals surface area (Å²) in [4.78, 5) is 0. The van der Waals surface area contributed by atoms with Crippen molar-refractivity contribution in [2.24, 2.45) is 5.92 Å². The molecular weight excluding hydrogens is 360 g/mol. The number of rotatable bonds is 8. The Kier molecular flexibility index (Phi) is 6.16. The van der Waals surface area contributed by atoms with Crippen molar-refractivity contribution in [3.05, 3.63) is 35.0 Å². The third-order valence-corrected chi connectivity index (χ3v) is 4.50. The maximum absolute atomic E-state index is 9.73. The highest BCUT2D eigenvalue weighted by atomic mass is 16.5. The number of ether oxygens (including phenoxy) is 4. The number of aromatic amines is 1. The van der Waals surface area contributed by atoms with Gasteiger partial charge in [-0.3, -0.25) is 10.5 Å². The van der Waals surface area contributed by atoms with E-state index < -0.39 is 11.8 Å². The number of nitrogens with one attached hydrogen (secondary N) is 2. The van der Waals surface area contributed by atoms with Gasteiger partial charge in [0.15, 0.2) is 11.5 Å². The minimum atomic E-state index is -0.780. The highest BCUT2D eigenvalue weighted by molar-refractivity contribution is 5.84. The molecule has 0 amide bonds. The highest BCUT2D eigenvalue weighted by Gasteiger charge is 2.40. The fraction of sp³-hybridized carbons (Fsp3) is 0.450. The molecule has 8 heteroatoms. The molecule has 1 aliphatic rings. The Morgan fingerprint density at radius 2 is 2.11 bits per heavy atom. The van der Waals surface area contributed by atoms with E-state index in [0.29, 0.717) is 37.2 Å². The molecule has 1 aliphatic heterocycles. The van der Waals surface area contributed by atoms with Gasteiger partial charge in [0, 0.05) is 18.6 Å². The van der Waals surface area contributed by atoms with Crippen molar-refractivity contribution in [1.29, 1.82) is 10.7 Å². The van der Waals surface area contributed by atoms with Gasteiger partial charge < -0.3 is 18.9 Å². The first kappa shape index (κ1) is 19.7. The van der Waals surface area contributed by atoms with Gasteiger partial charge in [0.05, 0.1) is 31.6 Å². The standard InChI is InChI=1S/C20H24N4O4/c1-4-8-27-15-7-6-12(9-16(15)26-5-2)17-13(10-21)19(22)28-20-18(17)14(11-25-3)23-24-20/h6-7,9,13,17,22H,4-5,8,11H2,1-3H3,(H,23,24). The average Bonchev–Trinajstić information content (AvgIpc) is 3.08. The van der Waals surface area contributed by atoms with E-state index in [9.17, 15) is 5.26 Å². The van der Waals surface area contributed by atoms with Crippen LogP contribution in [0.3, 0.4) is 0 Å². The van der Waals surface area contributed by atoms with Crippen LogP contribution in [0, 0.1) is 22.7 Å². The van der Waals surface area contributed by atoms with Gasteiger partial charge in [-0.2, -0.15) is 5.26 Å². The number of nitrogens with zero attached hydrogens (tertiary/aromatic N) is 2. The van der Waals surface area contributed by atoms with Gasteiger partial charge in [-0.25, -0.2) is 0 Å². The number of H-pyrrole nitrogens is 1. The van der Waals surface area contributed by atoms with Gasteiger partial charge in [0.25, 0.3) is 0 Å². The largest absolute Gasteiger partial charge is 0.490 e. The van der Waals surface area contributed by atoms with E-state index >= 15 is 0 Å². The van der Waals surface area contributed by atoms with Crippen LogP contribution >= 0.6 is 0 Å². The maximum atomic E-state index is 9.73. The predicted octanol–water partition coefficient (Wildman–Crippen LogP) is 3.38. The quantitative estimate of drug-likeness (QED) is 0.721. The zero-order valence-corrected chi connectivity index (χ0v) is 16.2. The van der Waals surface area contributed by atoms with Crippen molar-refractivity contribution < 1.29 is 18.9 Å². The molecule has 0 bridgehead atoms. The average molecular weight is 384 g/mol. The maximum Gasteiger partial charge on any atom is 0.243 e. The Morgan fingerprint density at radius 3 is 2.79 bits per heavy atom. The van der Waals surface area contributed by atoms with Crippen molar-refractivity contribution >= 4 is 5.90 Å². The van der Waals surface area contributed by atoms with Crippen LogP contribution in [-0.2, 0) is 11.3 Å². The summed E-state index contributed by atoms with van der Waals surface area (Å²) in [6.07, 6.45) is 0.889. The lowest BCUT2D eigenvalue weighted by Crippen LogP contribution is -2.31. The Hall–Kier alpha value is -3.05. The number of methoxy groups -OCH3 is 1. The fourth-order valence-corrected chi connectivity index (χ4v) is 3.32. The molecule has 1 aromatic heterocycles. The number of hydrogen-bond donors (Lipinski definition) is 2. The van der Waals surface area contributed by atoms with E-state index in [-0.39, 0.29) is 5.90 Å². The van der Waals surface area contributed by atoms with Gasteiger partial charge in [0.2, 0.25) is 11.8 Å². The number of hydrogen-bond acceptors (Lipinski definition) is 7. The van der Waals surface area contributed by atoms with Crippen LogP contribution in [0.15, 0.2) is 18.2 Å². The number of nitriles is 1. The van der Waals surface area contributed by atoms with Crippen molar-refractivity contribution in [2.75, 3.05) is 20.3 Å². The van der Waals surface area contributed by atoms with E-state index in [0.717, 1.165) is 23.2 Å². The van der Waals surface area contributed by atoms with E-state index in [1.165, 1.54) is 0 Å².